The molecule has 0 fully saturated rings. The van der Waals surface area contributed by atoms with Gasteiger partial charge in [-0.3, -0.25) is 14.9 Å². The van der Waals surface area contributed by atoms with E-state index < -0.39 is 4.92 Å². The average Bonchev–Trinajstić information content (AvgIpc) is 2.22. The van der Waals surface area contributed by atoms with E-state index in [1.807, 2.05) is 0 Å². The molecule has 0 heterocycles. The Morgan fingerprint density at radius 1 is 1.56 bits per heavy atom. The lowest BCUT2D eigenvalue weighted by atomic mass is 10.0. The number of nitro benzene ring substituents is 1. The lowest BCUT2D eigenvalue weighted by Crippen LogP contribution is -2.20. The monoisotopic (exact) mass is 223 g/mol. The molecule has 0 radical (unpaired) electrons. The Morgan fingerprint density at radius 2 is 2.19 bits per heavy atom. The van der Waals surface area contributed by atoms with Crippen LogP contribution in [0.3, 0.4) is 0 Å². The molecule has 0 aliphatic rings. The molecule has 0 bridgehead atoms. The predicted molar refractivity (Wildman–Crippen MR) is 60.0 cm³/mol. The molecule has 0 spiro atoms. The topological polar surface area (TPSA) is 98.3 Å². The molecule has 0 unspecified atom stereocenters. The lowest BCUT2D eigenvalue weighted by Gasteiger charge is -2.06. The molecule has 1 aromatic rings. The first-order valence-corrected chi connectivity index (χ1v) is 4.69. The highest BCUT2D eigenvalue weighted by molar-refractivity contribution is 5.79. The van der Waals surface area contributed by atoms with Crippen LogP contribution in [0.4, 0.5) is 11.4 Å². The van der Waals surface area contributed by atoms with Gasteiger partial charge in [0, 0.05) is 13.1 Å². The van der Waals surface area contributed by atoms with Crippen LogP contribution < -0.4 is 11.1 Å². The summed E-state index contributed by atoms with van der Waals surface area (Å²) >= 11 is 0. The molecule has 1 rings (SSSR count). The van der Waals surface area contributed by atoms with E-state index in [4.69, 9.17) is 5.73 Å². The number of hydrogen-bond acceptors (Lipinski definition) is 4. The summed E-state index contributed by atoms with van der Waals surface area (Å²) in [5.41, 5.74) is 6.87. The number of carbonyl (C=O) groups excluding carboxylic acids is 1. The predicted octanol–water partition coefficient (Wildman–Crippen LogP) is 0.774. The number of amides is 1. The zero-order valence-electron chi connectivity index (χ0n) is 9.11. The maximum absolute atomic E-state index is 11.2. The van der Waals surface area contributed by atoms with Crippen molar-refractivity contribution in [3.63, 3.8) is 0 Å². The van der Waals surface area contributed by atoms with E-state index in [-0.39, 0.29) is 23.7 Å². The quantitative estimate of drug-likeness (QED) is 0.449. The first-order chi connectivity index (χ1) is 7.45. The summed E-state index contributed by atoms with van der Waals surface area (Å²) in [4.78, 5) is 21.3. The van der Waals surface area contributed by atoms with Gasteiger partial charge in [-0.15, -0.1) is 0 Å². The number of nitrogens with zero attached hydrogens (tertiary/aromatic N) is 1. The van der Waals surface area contributed by atoms with E-state index >= 15 is 0 Å². The van der Waals surface area contributed by atoms with Crippen LogP contribution in [0.5, 0.6) is 0 Å². The van der Waals surface area contributed by atoms with E-state index in [1.54, 1.807) is 6.92 Å². The number of likely N-dealkylation sites (N-methyl/N-ethyl adjacent to an activating group) is 1. The molecular weight excluding hydrogens is 210 g/mol. The molecule has 1 aromatic carbocycles. The molecule has 3 N–H and O–H groups in total. The molecule has 6 heteroatoms. The standard InChI is InChI=1S/C10H13N3O3/c1-6-3-9(13(15)16)8(11)4-7(6)5-10(14)12-2/h3-4H,5,11H2,1-2H3,(H,12,14). The summed E-state index contributed by atoms with van der Waals surface area (Å²) in [7, 11) is 1.53. The lowest BCUT2D eigenvalue weighted by molar-refractivity contribution is -0.384. The van der Waals surface area contributed by atoms with Gasteiger partial charge in [-0.25, -0.2) is 0 Å². The number of rotatable bonds is 3. The highest BCUT2D eigenvalue weighted by atomic mass is 16.6. The van der Waals surface area contributed by atoms with Crippen molar-refractivity contribution in [1.82, 2.24) is 5.32 Å². The summed E-state index contributed by atoms with van der Waals surface area (Å²) in [6.45, 7) is 1.71. The Morgan fingerprint density at radius 3 is 2.69 bits per heavy atom. The minimum atomic E-state index is -0.536. The fourth-order valence-corrected chi connectivity index (χ4v) is 1.37. The number of anilines is 1. The largest absolute Gasteiger partial charge is 0.393 e. The summed E-state index contributed by atoms with van der Waals surface area (Å²) < 4.78 is 0. The summed E-state index contributed by atoms with van der Waals surface area (Å²) in [5.74, 6) is -0.156. The van der Waals surface area contributed by atoms with Crippen molar-refractivity contribution in [1.29, 1.82) is 0 Å². The molecule has 0 aliphatic heterocycles. The van der Waals surface area contributed by atoms with Crippen LogP contribution in [0.15, 0.2) is 12.1 Å². The van der Waals surface area contributed by atoms with Gasteiger partial charge in [-0.2, -0.15) is 0 Å². The molecule has 6 nitrogen and oxygen atoms in total. The van der Waals surface area contributed by atoms with Gasteiger partial charge in [0.2, 0.25) is 5.91 Å². The molecule has 0 saturated heterocycles. The van der Waals surface area contributed by atoms with E-state index in [2.05, 4.69) is 5.32 Å². The number of nitrogen functional groups attached to an aromatic ring is 1. The second-order valence-corrected chi connectivity index (χ2v) is 3.44. The second-order valence-electron chi connectivity index (χ2n) is 3.44. The number of aryl methyl sites for hydroxylation is 1. The third kappa shape index (κ3) is 2.47. The van der Waals surface area contributed by atoms with Crippen molar-refractivity contribution in [2.75, 3.05) is 12.8 Å². The van der Waals surface area contributed by atoms with Crippen LogP contribution >= 0.6 is 0 Å². The maximum Gasteiger partial charge on any atom is 0.292 e. The van der Waals surface area contributed by atoms with Crippen molar-refractivity contribution >= 4 is 17.3 Å². The first-order valence-electron chi connectivity index (χ1n) is 4.69. The van der Waals surface area contributed by atoms with Crippen LogP contribution in [0.25, 0.3) is 0 Å². The van der Waals surface area contributed by atoms with Gasteiger partial charge >= 0.3 is 0 Å². The van der Waals surface area contributed by atoms with Gasteiger partial charge in [-0.05, 0) is 24.1 Å². The number of hydrogen-bond donors (Lipinski definition) is 2. The minimum absolute atomic E-state index is 0.0782. The molecule has 86 valence electrons. The Bertz CT molecular complexity index is 443. The molecule has 16 heavy (non-hydrogen) atoms. The smallest absolute Gasteiger partial charge is 0.292 e. The normalized spacial score (nSPS) is 9.88. The van der Waals surface area contributed by atoms with Crippen LogP contribution in [-0.2, 0) is 11.2 Å². The van der Waals surface area contributed by atoms with E-state index in [0.29, 0.717) is 11.1 Å². The molecule has 0 aliphatic carbocycles. The highest BCUT2D eigenvalue weighted by Crippen LogP contribution is 2.25. The first kappa shape index (κ1) is 12.0. The van der Waals surface area contributed by atoms with E-state index in [0.717, 1.165) is 0 Å². The third-order valence-corrected chi connectivity index (χ3v) is 2.31. The number of nitrogens with one attached hydrogen (secondary N) is 1. The average molecular weight is 223 g/mol. The maximum atomic E-state index is 11.2. The fourth-order valence-electron chi connectivity index (χ4n) is 1.37. The summed E-state index contributed by atoms with van der Waals surface area (Å²) in [6.07, 6.45) is 0.171. The molecule has 1 amide bonds. The van der Waals surface area contributed by atoms with Crippen LogP contribution in [0.2, 0.25) is 0 Å². The Labute approximate surface area is 92.6 Å². The van der Waals surface area contributed by atoms with Crippen molar-refractivity contribution < 1.29 is 9.72 Å². The zero-order chi connectivity index (χ0) is 12.3. The Kier molecular flexibility index (Phi) is 3.44. The van der Waals surface area contributed by atoms with Gasteiger partial charge in [0.05, 0.1) is 11.3 Å². The minimum Gasteiger partial charge on any atom is -0.393 e. The SMILES string of the molecule is CNC(=O)Cc1cc(N)c([N+](=O)[O-])cc1C. The highest BCUT2D eigenvalue weighted by Gasteiger charge is 2.15. The molecule has 0 atom stereocenters. The third-order valence-electron chi connectivity index (χ3n) is 2.31. The molecule has 0 saturated carbocycles. The van der Waals surface area contributed by atoms with Gasteiger partial charge in [0.25, 0.3) is 5.69 Å². The van der Waals surface area contributed by atoms with Crippen LogP contribution in [-0.4, -0.2) is 17.9 Å². The van der Waals surface area contributed by atoms with Crippen molar-refractivity contribution in [2.24, 2.45) is 0 Å². The van der Waals surface area contributed by atoms with Crippen molar-refractivity contribution in [2.45, 2.75) is 13.3 Å². The van der Waals surface area contributed by atoms with Gasteiger partial charge in [0.15, 0.2) is 0 Å². The number of nitrogens with two attached hydrogens (primary N) is 1. The zero-order valence-corrected chi connectivity index (χ0v) is 9.11. The van der Waals surface area contributed by atoms with Crippen molar-refractivity contribution in [3.05, 3.63) is 33.4 Å². The Hall–Kier alpha value is -2.11. The van der Waals surface area contributed by atoms with E-state index in [9.17, 15) is 14.9 Å². The van der Waals surface area contributed by atoms with Crippen LogP contribution in [0, 0.1) is 17.0 Å². The number of nitro groups is 1. The second kappa shape index (κ2) is 4.61. The fraction of sp³-hybridized carbons (Fsp3) is 0.300. The number of carbonyl (C=O) groups is 1. The van der Waals surface area contributed by atoms with Gasteiger partial charge < -0.3 is 11.1 Å². The summed E-state index contributed by atoms with van der Waals surface area (Å²) in [5, 5.41) is 13.1. The van der Waals surface area contributed by atoms with Crippen molar-refractivity contribution in [3.8, 4) is 0 Å². The van der Waals surface area contributed by atoms with Gasteiger partial charge in [0.1, 0.15) is 5.69 Å². The van der Waals surface area contributed by atoms with Crippen LogP contribution in [0.1, 0.15) is 11.1 Å². The molecule has 0 aromatic heterocycles. The number of benzene rings is 1. The summed E-state index contributed by atoms with van der Waals surface area (Å²) in [6, 6.07) is 2.86. The van der Waals surface area contributed by atoms with E-state index in [1.165, 1.54) is 19.2 Å². The molecular formula is C10H13N3O3. The Balaban J connectivity index is 3.10. The van der Waals surface area contributed by atoms with Gasteiger partial charge in [-0.1, -0.05) is 0 Å².